The highest BCUT2D eigenvalue weighted by atomic mass is 32.1. The maximum Gasteiger partial charge on any atom is 0.152 e. The molecule has 2 heterocycles. The van der Waals surface area contributed by atoms with E-state index in [1.807, 2.05) is 30.3 Å². The highest BCUT2D eigenvalue weighted by molar-refractivity contribution is 7.21. The summed E-state index contributed by atoms with van der Waals surface area (Å²) in [7, 11) is 1.68. The fourth-order valence-corrected chi connectivity index (χ4v) is 3.50. The Hall–Kier alpha value is -2.27. The van der Waals surface area contributed by atoms with Crippen LogP contribution >= 0.6 is 11.3 Å². The van der Waals surface area contributed by atoms with Crippen molar-refractivity contribution in [2.45, 2.75) is 0 Å². The topological polar surface area (TPSA) is 43.4 Å². The van der Waals surface area contributed by atoms with Crippen molar-refractivity contribution in [3.8, 4) is 22.1 Å². The van der Waals surface area contributed by atoms with Gasteiger partial charge in [-0.2, -0.15) is 0 Å². The maximum absolute atomic E-state index is 5.83. The summed E-state index contributed by atoms with van der Waals surface area (Å²) in [4.78, 5) is 4.72. The fourth-order valence-electron chi connectivity index (χ4n) is 2.49. The second-order valence-electron chi connectivity index (χ2n) is 4.81. The molecule has 4 rings (SSSR count). The van der Waals surface area contributed by atoms with Gasteiger partial charge in [-0.1, -0.05) is 6.07 Å². The molecule has 4 nitrogen and oxygen atoms in total. The van der Waals surface area contributed by atoms with Crippen molar-refractivity contribution in [1.29, 1.82) is 0 Å². The van der Waals surface area contributed by atoms with Crippen molar-refractivity contribution in [1.82, 2.24) is 4.98 Å². The Morgan fingerprint density at radius 1 is 1.29 bits per heavy atom. The number of aromatic nitrogens is 1. The van der Waals surface area contributed by atoms with Crippen LogP contribution in [0.2, 0.25) is 0 Å². The van der Waals surface area contributed by atoms with E-state index in [4.69, 9.17) is 14.5 Å². The van der Waals surface area contributed by atoms with Gasteiger partial charge in [0.05, 0.1) is 28.6 Å². The first-order valence-corrected chi connectivity index (χ1v) is 7.61. The summed E-state index contributed by atoms with van der Waals surface area (Å²) < 4.78 is 12.2. The van der Waals surface area contributed by atoms with Crippen LogP contribution in [0.1, 0.15) is 0 Å². The van der Waals surface area contributed by atoms with E-state index in [1.165, 1.54) is 0 Å². The molecular weight excluding hydrogens is 284 g/mol. The molecule has 0 spiro atoms. The number of anilines is 1. The van der Waals surface area contributed by atoms with Gasteiger partial charge in [0.15, 0.2) is 5.75 Å². The normalized spacial score (nSPS) is 13.4. The van der Waals surface area contributed by atoms with Crippen molar-refractivity contribution in [3.63, 3.8) is 0 Å². The van der Waals surface area contributed by atoms with Gasteiger partial charge in [0.1, 0.15) is 17.4 Å². The minimum absolute atomic E-state index is 0.683. The van der Waals surface area contributed by atoms with E-state index in [0.29, 0.717) is 6.61 Å². The van der Waals surface area contributed by atoms with Crippen molar-refractivity contribution in [2.24, 2.45) is 0 Å². The molecule has 2 aromatic carbocycles. The molecule has 1 aliphatic rings. The molecule has 0 bridgehead atoms. The lowest BCUT2D eigenvalue weighted by Gasteiger charge is -2.20. The number of rotatable bonds is 2. The first-order valence-electron chi connectivity index (χ1n) is 6.80. The Bertz CT molecular complexity index is 813. The molecule has 0 saturated carbocycles. The number of nitrogens with zero attached hydrogens (tertiary/aromatic N) is 1. The van der Waals surface area contributed by atoms with Gasteiger partial charge in [0, 0.05) is 6.54 Å². The largest absolute Gasteiger partial charge is 0.497 e. The van der Waals surface area contributed by atoms with Gasteiger partial charge in [-0.3, -0.25) is 0 Å². The van der Waals surface area contributed by atoms with Crippen molar-refractivity contribution in [3.05, 3.63) is 36.4 Å². The highest BCUT2D eigenvalue weighted by Gasteiger charge is 2.17. The molecule has 0 saturated heterocycles. The maximum atomic E-state index is 5.83. The van der Waals surface area contributed by atoms with Gasteiger partial charge >= 0.3 is 0 Å². The van der Waals surface area contributed by atoms with Gasteiger partial charge in [-0.15, -0.1) is 11.3 Å². The lowest BCUT2D eigenvalue weighted by atomic mass is 10.1. The molecule has 1 aromatic heterocycles. The van der Waals surface area contributed by atoms with Gasteiger partial charge in [0.2, 0.25) is 0 Å². The number of para-hydroxylation sites is 1. The molecule has 106 valence electrons. The van der Waals surface area contributed by atoms with E-state index < -0.39 is 0 Å². The molecule has 21 heavy (non-hydrogen) atoms. The zero-order valence-corrected chi connectivity index (χ0v) is 12.4. The second kappa shape index (κ2) is 4.93. The summed E-state index contributed by atoms with van der Waals surface area (Å²) in [6.45, 7) is 1.52. The molecule has 0 aliphatic carbocycles. The number of benzene rings is 2. The number of hydrogen-bond donors (Lipinski definition) is 1. The molecule has 0 unspecified atom stereocenters. The number of methoxy groups -OCH3 is 1. The van der Waals surface area contributed by atoms with Crippen LogP contribution in [-0.4, -0.2) is 25.2 Å². The zero-order chi connectivity index (χ0) is 14.2. The lowest BCUT2D eigenvalue weighted by Crippen LogP contribution is -2.18. The van der Waals surface area contributed by atoms with Crippen LogP contribution in [0, 0.1) is 0 Å². The Balaban J connectivity index is 1.86. The van der Waals surface area contributed by atoms with E-state index in [0.717, 1.165) is 44.5 Å². The number of hydrogen-bond acceptors (Lipinski definition) is 5. The average molecular weight is 298 g/mol. The summed E-state index contributed by atoms with van der Waals surface area (Å²) in [6, 6.07) is 12.1. The molecule has 1 N–H and O–H groups in total. The lowest BCUT2D eigenvalue weighted by molar-refractivity contribution is 0.324. The van der Waals surface area contributed by atoms with Crippen molar-refractivity contribution in [2.75, 3.05) is 25.6 Å². The van der Waals surface area contributed by atoms with E-state index in [1.54, 1.807) is 18.4 Å². The predicted octanol–water partition coefficient (Wildman–Crippen LogP) is 3.78. The van der Waals surface area contributed by atoms with Crippen LogP contribution in [0.25, 0.3) is 20.8 Å². The minimum atomic E-state index is 0.683. The Morgan fingerprint density at radius 2 is 2.24 bits per heavy atom. The molecule has 0 radical (unpaired) electrons. The average Bonchev–Trinajstić information content (AvgIpc) is 2.97. The van der Waals surface area contributed by atoms with Crippen LogP contribution < -0.4 is 14.8 Å². The second-order valence-corrected chi connectivity index (χ2v) is 5.84. The number of ether oxygens (including phenoxy) is 2. The molecule has 3 aromatic rings. The van der Waals surface area contributed by atoms with Crippen LogP contribution in [0.4, 0.5) is 5.69 Å². The Kier molecular flexibility index (Phi) is 2.93. The monoisotopic (exact) mass is 298 g/mol. The molecule has 0 fully saturated rings. The molecule has 1 aliphatic heterocycles. The fraction of sp³-hybridized carbons (Fsp3) is 0.188. The molecular formula is C16H14N2O2S. The van der Waals surface area contributed by atoms with Crippen molar-refractivity contribution < 1.29 is 9.47 Å². The van der Waals surface area contributed by atoms with E-state index >= 15 is 0 Å². The van der Waals surface area contributed by atoms with E-state index in [9.17, 15) is 0 Å². The SMILES string of the molecule is COc1ccc2nc(-c3cccc4c3OCCN4)sc2c1. The summed E-state index contributed by atoms with van der Waals surface area (Å²) >= 11 is 1.65. The quantitative estimate of drug-likeness (QED) is 0.782. The van der Waals surface area contributed by atoms with E-state index in [-0.39, 0.29) is 0 Å². The summed E-state index contributed by atoms with van der Waals surface area (Å²) in [5.41, 5.74) is 3.06. The first-order chi connectivity index (χ1) is 10.3. The van der Waals surface area contributed by atoms with Gasteiger partial charge in [-0.05, 0) is 30.3 Å². The highest BCUT2D eigenvalue weighted by Crippen LogP contribution is 2.41. The van der Waals surface area contributed by atoms with Crippen LogP contribution in [-0.2, 0) is 0 Å². The third-order valence-electron chi connectivity index (χ3n) is 3.50. The number of fused-ring (bicyclic) bond motifs is 2. The summed E-state index contributed by atoms with van der Waals surface area (Å²) in [5, 5.41) is 4.33. The molecule has 0 amide bonds. The van der Waals surface area contributed by atoms with Gasteiger partial charge in [0.25, 0.3) is 0 Å². The third-order valence-corrected chi connectivity index (χ3v) is 4.56. The Morgan fingerprint density at radius 3 is 3.14 bits per heavy atom. The predicted molar refractivity (Wildman–Crippen MR) is 85.6 cm³/mol. The summed E-state index contributed by atoms with van der Waals surface area (Å²) in [5.74, 6) is 1.75. The van der Waals surface area contributed by atoms with Crippen LogP contribution in [0.5, 0.6) is 11.5 Å². The van der Waals surface area contributed by atoms with Gasteiger partial charge in [-0.25, -0.2) is 4.98 Å². The molecule has 5 heteroatoms. The zero-order valence-electron chi connectivity index (χ0n) is 11.6. The third kappa shape index (κ3) is 2.10. The van der Waals surface area contributed by atoms with Crippen LogP contribution in [0.3, 0.4) is 0 Å². The standard InChI is InChI=1S/C16H14N2O2S/c1-19-10-5-6-12-14(9-10)21-16(18-12)11-3-2-4-13-15(11)20-8-7-17-13/h2-6,9,17H,7-8H2,1H3. The minimum Gasteiger partial charge on any atom is -0.497 e. The van der Waals surface area contributed by atoms with Gasteiger partial charge < -0.3 is 14.8 Å². The smallest absolute Gasteiger partial charge is 0.152 e. The van der Waals surface area contributed by atoms with Crippen LogP contribution in [0.15, 0.2) is 36.4 Å². The van der Waals surface area contributed by atoms with Crippen molar-refractivity contribution >= 4 is 27.2 Å². The van der Waals surface area contributed by atoms with E-state index in [2.05, 4.69) is 11.4 Å². The Labute approximate surface area is 126 Å². The number of nitrogens with one attached hydrogen (secondary N) is 1. The number of thiazole rings is 1. The summed E-state index contributed by atoms with van der Waals surface area (Å²) in [6.07, 6.45) is 0. The first kappa shape index (κ1) is 12.5. The molecule has 0 atom stereocenters.